The first-order valence-electron chi connectivity index (χ1n) is 8.92. The van der Waals surface area contributed by atoms with E-state index in [0.29, 0.717) is 18.0 Å². The number of benzene rings is 2. The number of rotatable bonds is 2. The fourth-order valence-corrected chi connectivity index (χ4v) is 4.16. The summed E-state index contributed by atoms with van der Waals surface area (Å²) in [6.07, 6.45) is 2.91. The summed E-state index contributed by atoms with van der Waals surface area (Å²) in [6, 6.07) is 17.1. The summed E-state index contributed by atoms with van der Waals surface area (Å²) in [5, 5.41) is 9.63. The lowest BCUT2D eigenvalue weighted by Gasteiger charge is -2.40. The van der Waals surface area contributed by atoms with Crippen LogP contribution >= 0.6 is 0 Å². The second-order valence-corrected chi connectivity index (χ2v) is 7.19. The number of carbonyl (C=O) groups excluding carboxylic acids is 1. The van der Waals surface area contributed by atoms with E-state index in [1.165, 1.54) is 11.6 Å². The quantitative estimate of drug-likeness (QED) is 0.911. The van der Waals surface area contributed by atoms with Crippen molar-refractivity contribution < 1.29 is 14.6 Å². The Morgan fingerprint density at radius 2 is 2.00 bits per heavy atom. The van der Waals surface area contributed by atoms with E-state index in [1.54, 1.807) is 18.2 Å². The van der Waals surface area contributed by atoms with Crippen LogP contribution in [0.1, 0.15) is 41.1 Å². The summed E-state index contributed by atoms with van der Waals surface area (Å²) in [4.78, 5) is 14.7. The van der Waals surface area contributed by atoms with E-state index in [4.69, 9.17) is 4.74 Å². The van der Waals surface area contributed by atoms with Crippen molar-refractivity contribution in [3.63, 3.8) is 0 Å². The van der Waals surface area contributed by atoms with Crippen molar-refractivity contribution in [1.82, 2.24) is 4.90 Å². The predicted octanol–water partition coefficient (Wildman–Crippen LogP) is 3.57. The number of piperidine rings is 1. The monoisotopic (exact) mass is 337 g/mol. The van der Waals surface area contributed by atoms with E-state index in [9.17, 15) is 9.90 Å². The van der Waals surface area contributed by atoms with Crippen LogP contribution in [0.2, 0.25) is 0 Å². The number of ether oxygens (including phenoxy) is 1. The van der Waals surface area contributed by atoms with Gasteiger partial charge in [0.2, 0.25) is 0 Å². The Morgan fingerprint density at radius 3 is 2.80 bits per heavy atom. The molecule has 2 fully saturated rings. The molecule has 4 rings (SSSR count). The molecule has 0 radical (unpaired) electrons. The zero-order valence-corrected chi connectivity index (χ0v) is 14.2. The van der Waals surface area contributed by atoms with E-state index in [1.807, 2.05) is 11.0 Å². The van der Waals surface area contributed by atoms with Gasteiger partial charge in [0.25, 0.3) is 5.91 Å². The zero-order chi connectivity index (χ0) is 17.3. The average Bonchev–Trinajstić information content (AvgIpc) is 3.05. The van der Waals surface area contributed by atoms with Crippen LogP contribution in [0.25, 0.3) is 0 Å². The number of hydrogen-bond acceptors (Lipinski definition) is 3. The van der Waals surface area contributed by atoms with Gasteiger partial charge in [0.1, 0.15) is 5.75 Å². The smallest absolute Gasteiger partial charge is 0.254 e. The molecule has 2 aromatic carbocycles. The van der Waals surface area contributed by atoms with E-state index < -0.39 is 0 Å². The molecular weight excluding hydrogens is 314 g/mol. The third-order valence-electron chi connectivity index (χ3n) is 5.40. The molecular formula is C21H23NO3. The van der Waals surface area contributed by atoms with Gasteiger partial charge in [-0.3, -0.25) is 4.79 Å². The highest BCUT2D eigenvalue weighted by Gasteiger charge is 2.44. The fraction of sp³-hybridized carbons (Fsp3) is 0.381. The van der Waals surface area contributed by atoms with Gasteiger partial charge in [-0.2, -0.15) is 0 Å². The fourth-order valence-electron chi connectivity index (χ4n) is 4.16. The first-order valence-corrected chi connectivity index (χ1v) is 8.92. The highest BCUT2D eigenvalue weighted by molar-refractivity contribution is 5.94. The third-order valence-corrected chi connectivity index (χ3v) is 5.40. The normalized spacial score (nSPS) is 26.1. The van der Waals surface area contributed by atoms with Gasteiger partial charge in [0.05, 0.1) is 12.2 Å². The molecule has 0 aromatic heterocycles. The molecule has 0 saturated carbocycles. The molecule has 2 aliphatic rings. The Balaban J connectivity index is 1.49. The van der Waals surface area contributed by atoms with Crippen molar-refractivity contribution in [3.8, 4) is 5.75 Å². The topological polar surface area (TPSA) is 49.8 Å². The van der Waals surface area contributed by atoms with Crippen LogP contribution in [0.4, 0.5) is 0 Å². The Morgan fingerprint density at radius 1 is 1.16 bits per heavy atom. The summed E-state index contributed by atoms with van der Waals surface area (Å²) in [5.41, 5.74) is 1.62. The minimum atomic E-state index is -0.231. The summed E-state index contributed by atoms with van der Waals surface area (Å²) >= 11 is 0. The van der Waals surface area contributed by atoms with E-state index in [0.717, 1.165) is 32.4 Å². The van der Waals surface area contributed by atoms with Gasteiger partial charge in [-0.05, 0) is 43.0 Å². The van der Waals surface area contributed by atoms with Crippen molar-refractivity contribution in [3.05, 3.63) is 65.7 Å². The van der Waals surface area contributed by atoms with Crippen molar-refractivity contribution in [2.45, 2.75) is 30.8 Å². The van der Waals surface area contributed by atoms with E-state index in [2.05, 4.69) is 24.3 Å². The molecule has 0 aliphatic carbocycles. The van der Waals surface area contributed by atoms with Gasteiger partial charge in [0, 0.05) is 24.6 Å². The lowest BCUT2D eigenvalue weighted by atomic mass is 9.84. The third kappa shape index (κ3) is 3.27. The van der Waals surface area contributed by atoms with Crippen molar-refractivity contribution in [1.29, 1.82) is 0 Å². The standard InChI is InChI=1S/C21H23NO3/c23-19-9-4-8-17(12-19)20(24)22-11-5-10-21(15-22)13-18(14-25-21)16-6-2-1-3-7-16/h1-4,6-9,12,18,23H,5,10-11,13-15H2/t18-,21+/m0/s1. The number of amides is 1. The van der Waals surface area contributed by atoms with Gasteiger partial charge in [-0.25, -0.2) is 0 Å². The number of carbonyl (C=O) groups is 1. The lowest BCUT2D eigenvalue weighted by Crippen LogP contribution is -2.50. The summed E-state index contributed by atoms with van der Waals surface area (Å²) in [7, 11) is 0. The number of hydrogen-bond donors (Lipinski definition) is 1. The minimum absolute atomic E-state index is 0.0262. The molecule has 2 aromatic rings. The average molecular weight is 337 g/mol. The maximum Gasteiger partial charge on any atom is 0.254 e. The molecule has 2 atom stereocenters. The molecule has 4 nitrogen and oxygen atoms in total. The van der Waals surface area contributed by atoms with Crippen LogP contribution in [0, 0.1) is 0 Å². The van der Waals surface area contributed by atoms with Gasteiger partial charge in [-0.15, -0.1) is 0 Å². The predicted molar refractivity (Wildman–Crippen MR) is 95.7 cm³/mol. The number of phenols is 1. The molecule has 25 heavy (non-hydrogen) atoms. The molecule has 2 heterocycles. The first-order chi connectivity index (χ1) is 12.2. The SMILES string of the molecule is O=C(c1cccc(O)c1)N1CCC[C@@]2(C[C@H](c3ccccc3)CO2)C1. The number of likely N-dealkylation sites (tertiary alicyclic amines) is 1. The number of aromatic hydroxyl groups is 1. The molecule has 0 bridgehead atoms. The number of nitrogens with zero attached hydrogens (tertiary/aromatic N) is 1. The Bertz CT molecular complexity index is 761. The molecule has 130 valence electrons. The van der Waals surface area contributed by atoms with Crippen molar-refractivity contribution in [2.75, 3.05) is 19.7 Å². The molecule has 2 saturated heterocycles. The van der Waals surface area contributed by atoms with Crippen molar-refractivity contribution in [2.24, 2.45) is 0 Å². The molecule has 2 aliphatic heterocycles. The number of phenolic OH excluding ortho intramolecular Hbond substituents is 1. The van der Waals surface area contributed by atoms with Gasteiger partial charge >= 0.3 is 0 Å². The maximum absolute atomic E-state index is 12.8. The van der Waals surface area contributed by atoms with Crippen LogP contribution in [0.3, 0.4) is 0 Å². The Hall–Kier alpha value is -2.33. The summed E-state index contributed by atoms with van der Waals surface area (Å²) in [6.45, 7) is 2.10. The first kappa shape index (κ1) is 16.2. The molecule has 0 unspecified atom stereocenters. The van der Waals surface area contributed by atoms with E-state index in [-0.39, 0.29) is 17.3 Å². The molecule has 4 heteroatoms. The van der Waals surface area contributed by atoms with Crippen LogP contribution in [-0.4, -0.2) is 41.2 Å². The minimum Gasteiger partial charge on any atom is -0.508 e. The van der Waals surface area contributed by atoms with Gasteiger partial charge in [-0.1, -0.05) is 36.4 Å². The van der Waals surface area contributed by atoms with Crippen LogP contribution < -0.4 is 0 Å². The van der Waals surface area contributed by atoms with Gasteiger partial charge in [0.15, 0.2) is 0 Å². The summed E-state index contributed by atoms with van der Waals surface area (Å²) in [5.74, 6) is 0.498. The van der Waals surface area contributed by atoms with Crippen LogP contribution in [-0.2, 0) is 4.74 Å². The molecule has 1 N–H and O–H groups in total. The van der Waals surface area contributed by atoms with Crippen molar-refractivity contribution >= 4 is 5.91 Å². The Labute approximate surface area is 148 Å². The largest absolute Gasteiger partial charge is 0.508 e. The second-order valence-electron chi connectivity index (χ2n) is 7.19. The highest BCUT2D eigenvalue weighted by Crippen LogP contribution is 2.41. The molecule has 1 amide bonds. The zero-order valence-electron chi connectivity index (χ0n) is 14.2. The maximum atomic E-state index is 12.8. The van der Waals surface area contributed by atoms with Crippen LogP contribution in [0.15, 0.2) is 54.6 Å². The second kappa shape index (κ2) is 6.52. The summed E-state index contributed by atoms with van der Waals surface area (Å²) < 4.78 is 6.25. The van der Waals surface area contributed by atoms with Gasteiger partial charge < -0.3 is 14.7 Å². The van der Waals surface area contributed by atoms with E-state index >= 15 is 0 Å². The highest BCUT2D eigenvalue weighted by atomic mass is 16.5. The molecule has 1 spiro atoms. The Kier molecular flexibility index (Phi) is 4.22. The lowest BCUT2D eigenvalue weighted by molar-refractivity contribution is -0.0447. The van der Waals surface area contributed by atoms with Crippen LogP contribution in [0.5, 0.6) is 5.75 Å².